The zero-order valence-electron chi connectivity index (χ0n) is 10.7. The number of carbonyl (C=O) groups excluding carboxylic acids is 1. The van der Waals surface area contributed by atoms with Gasteiger partial charge in [-0.05, 0) is 31.0 Å². The number of piperidine rings is 1. The van der Waals surface area contributed by atoms with Crippen LogP contribution in [0, 0.1) is 0 Å². The molecule has 1 heterocycles. The van der Waals surface area contributed by atoms with E-state index < -0.39 is 6.61 Å². The normalized spacial score (nSPS) is 19.0. The molecule has 0 aromatic heterocycles. The summed E-state index contributed by atoms with van der Waals surface area (Å²) in [6, 6.07) is 4.52. The number of nitrogens with one attached hydrogen (secondary N) is 2. The topological polar surface area (TPSA) is 50.4 Å². The number of rotatable bonds is 5. The van der Waals surface area contributed by atoms with Crippen molar-refractivity contribution in [2.75, 3.05) is 6.54 Å². The number of hydrogen-bond donors (Lipinski definition) is 2. The Morgan fingerprint density at radius 1 is 1.50 bits per heavy atom. The van der Waals surface area contributed by atoms with Crippen molar-refractivity contribution in [3.63, 3.8) is 0 Å². The second-order valence-corrected chi connectivity index (χ2v) is 5.41. The van der Waals surface area contributed by atoms with Gasteiger partial charge in [0.25, 0.3) is 0 Å². The van der Waals surface area contributed by atoms with Gasteiger partial charge in [-0.25, -0.2) is 0 Å². The molecule has 0 spiro atoms. The molecule has 0 aliphatic carbocycles. The molecule has 1 unspecified atom stereocenters. The highest BCUT2D eigenvalue weighted by molar-refractivity contribution is 9.10. The molecule has 0 radical (unpaired) electrons. The van der Waals surface area contributed by atoms with E-state index in [0.29, 0.717) is 18.7 Å². The zero-order chi connectivity index (χ0) is 14.5. The van der Waals surface area contributed by atoms with Gasteiger partial charge >= 0.3 is 6.61 Å². The van der Waals surface area contributed by atoms with Gasteiger partial charge in [0, 0.05) is 23.1 Å². The molecule has 2 N–H and O–H groups in total. The first kappa shape index (κ1) is 15.2. The average molecular weight is 349 g/mol. The van der Waals surface area contributed by atoms with Crippen LogP contribution in [0.4, 0.5) is 8.78 Å². The third kappa shape index (κ3) is 4.14. The van der Waals surface area contributed by atoms with Crippen LogP contribution >= 0.6 is 15.9 Å². The maximum absolute atomic E-state index is 12.3. The highest BCUT2D eigenvalue weighted by atomic mass is 79.9. The lowest BCUT2D eigenvalue weighted by molar-refractivity contribution is -0.124. The van der Waals surface area contributed by atoms with Crippen LogP contribution in [0.1, 0.15) is 18.4 Å². The van der Waals surface area contributed by atoms with Gasteiger partial charge in [0.2, 0.25) is 5.91 Å². The van der Waals surface area contributed by atoms with Crippen molar-refractivity contribution in [3.8, 4) is 5.75 Å². The molecule has 1 aliphatic rings. The fraction of sp³-hybridized carbons (Fsp3) is 0.462. The van der Waals surface area contributed by atoms with Gasteiger partial charge in [0.15, 0.2) is 0 Å². The minimum Gasteiger partial charge on any atom is -0.434 e. The Morgan fingerprint density at radius 2 is 2.30 bits per heavy atom. The van der Waals surface area contributed by atoms with Gasteiger partial charge in [-0.1, -0.05) is 15.9 Å². The molecule has 20 heavy (non-hydrogen) atoms. The highest BCUT2D eigenvalue weighted by Gasteiger charge is 2.21. The molecule has 110 valence electrons. The molecule has 1 atom stereocenters. The summed E-state index contributed by atoms with van der Waals surface area (Å²) >= 11 is 3.29. The van der Waals surface area contributed by atoms with Crippen molar-refractivity contribution in [2.45, 2.75) is 32.0 Å². The minimum atomic E-state index is -2.87. The number of ether oxygens (including phenoxy) is 1. The summed E-state index contributed by atoms with van der Waals surface area (Å²) in [6.07, 6.45) is 1.65. The smallest absolute Gasteiger partial charge is 0.387 e. The van der Waals surface area contributed by atoms with Crippen molar-refractivity contribution >= 4 is 21.8 Å². The van der Waals surface area contributed by atoms with Crippen LogP contribution in [0.3, 0.4) is 0 Å². The van der Waals surface area contributed by atoms with Crippen molar-refractivity contribution < 1.29 is 18.3 Å². The third-order valence-electron chi connectivity index (χ3n) is 3.06. The van der Waals surface area contributed by atoms with Crippen LogP contribution in [-0.4, -0.2) is 25.1 Å². The molecule has 1 amide bonds. The fourth-order valence-corrected chi connectivity index (χ4v) is 2.51. The van der Waals surface area contributed by atoms with E-state index in [9.17, 15) is 13.6 Å². The van der Waals surface area contributed by atoms with Crippen molar-refractivity contribution in [2.24, 2.45) is 0 Å². The largest absolute Gasteiger partial charge is 0.434 e. The van der Waals surface area contributed by atoms with Crippen LogP contribution < -0.4 is 15.4 Å². The monoisotopic (exact) mass is 348 g/mol. The van der Waals surface area contributed by atoms with Gasteiger partial charge in [-0.15, -0.1) is 0 Å². The fourth-order valence-electron chi connectivity index (χ4n) is 2.10. The van der Waals surface area contributed by atoms with E-state index in [0.717, 1.165) is 17.3 Å². The van der Waals surface area contributed by atoms with Crippen molar-refractivity contribution in [1.29, 1.82) is 0 Å². The first-order valence-corrected chi connectivity index (χ1v) is 7.10. The molecular formula is C13H15BrF2N2O2. The molecule has 1 aromatic carbocycles. The zero-order valence-corrected chi connectivity index (χ0v) is 12.3. The van der Waals surface area contributed by atoms with E-state index >= 15 is 0 Å². The lowest BCUT2D eigenvalue weighted by atomic mass is 10.1. The average Bonchev–Trinajstić information content (AvgIpc) is 2.40. The summed E-state index contributed by atoms with van der Waals surface area (Å²) in [6.45, 7) is -1.89. The second kappa shape index (κ2) is 6.99. The quantitative estimate of drug-likeness (QED) is 0.859. The Kier molecular flexibility index (Phi) is 5.31. The van der Waals surface area contributed by atoms with Crippen LogP contribution in [-0.2, 0) is 11.3 Å². The minimum absolute atomic E-state index is 0.0532. The number of hydrogen-bond acceptors (Lipinski definition) is 3. The molecule has 2 rings (SSSR count). The Bertz CT molecular complexity index is 485. The SMILES string of the molecule is O=C1NCCCC1NCc1cc(Br)ccc1OC(F)F. The summed E-state index contributed by atoms with van der Waals surface area (Å²) in [7, 11) is 0. The number of benzene rings is 1. The van der Waals surface area contributed by atoms with Gasteiger partial charge in [0.1, 0.15) is 5.75 Å². The number of carbonyl (C=O) groups is 1. The van der Waals surface area contributed by atoms with Gasteiger partial charge in [-0.3, -0.25) is 4.79 Å². The number of amides is 1. The Hall–Kier alpha value is -1.21. The van der Waals surface area contributed by atoms with E-state index in [-0.39, 0.29) is 17.7 Å². The molecular weight excluding hydrogens is 334 g/mol. The van der Waals surface area contributed by atoms with E-state index in [2.05, 4.69) is 31.3 Å². The lowest BCUT2D eigenvalue weighted by Gasteiger charge is -2.23. The summed E-state index contributed by atoms with van der Waals surface area (Å²) in [4.78, 5) is 11.6. The molecule has 4 nitrogen and oxygen atoms in total. The van der Waals surface area contributed by atoms with E-state index in [1.54, 1.807) is 12.1 Å². The molecule has 1 aliphatic heterocycles. The first-order valence-electron chi connectivity index (χ1n) is 6.30. The van der Waals surface area contributed by atoms with Crippen molar-refractivity contribution in [3.05, 3.63) is 28.2 Å². The number of halogens is 3. The Balaban J connectivity index is 2.03. The maximum Gasteiger partial charge on any atom is 0.387 e. The molecule has 0 saturated carbocycles. The summed E-state index contributed by atoms with van der Waals surface area (Å²) in [5.74, 6) is 0.0643. The van der Waals surface area contributed by atoms with Gasteiger partial charge in [0.05, 0.1) is 6.04 Å². The molecule has 7 heteroatoms. The van der Waals surface area contributed by atoms with E-state index in [1.165, 1.54) is 6.07 Å². The second-order valence-electron chi connectivity index (χ2n) is 4.50. The van der Waals surface area contributed by atoms with Gasteiger partial charge in [-0.2, -0.15) is 8.78 Å². The van der Waals surface area contributed by atoms with Gasteiger partial charge < -0.3 is 15.4 Å². The molecule has 0 bridgehead atoms. The Labute approximate surface area is 124 Å². The highest BCUT2D eigenvalue weighted by Crippen LogP contribution is 2.25. The Morgan fingerprint density at radius 3 is 3.00 bits per heavy atom. The van der Waals surface area contributed by atoms with Crippen LogP contribution in [0.15, 0.2) is 22.7 Å². The van der Waals surface area contributed by atoms with Crippen molar-refractivity contribution in [1.82, 2.24) is 10.6 Å². The predicted molar refractivity (Wildman–Crippen MR) is 73.6 cm³/mol. The predicted octanol–water partition coefficient (Wildman–Crippen LogP) is 2.42. The molecule has 1 aromatic rings. The summed E-state index contributed by atoms with van der Waals surface area (Å²) < 4.78 is 29.9. The van der Waals surface area contributed by atoms with Crippen LogP contribution in [0.25, 0.3) is 0 Å². The number of alkyl halides is 2. The first-order chi connectivity index (χ1) is 9.56. The third-order valence-corrected chi connectivity index (χ3v) is 3.56. The summed E-state index contributed by atoms with van der Waals surface area (Å²) in [5, 5.41) is 5.84. The maximum atomic E-state index is 12.3. The van der Waals surface area contributed by atoms with Crippen LogP contribution in [0.2, 0.25) is 0 Å². The van der Waals surface area contributed by atoms with E-state index in [1.807, 2.05) is 0 Å². The lowest BCUT2D eigenvalue weighted by Crippen LogP contribution is -2.47. The van der Waals surface area contributed by atoms with E-state index in [4.69, 9.17) is 0 Å². The van der Waals surface area contributed by atoms with Crippen LogP contribution in [0.5, 0.6) is 5.75 Å². The molecule has 1 saturated heterocycles. The summed E-state index contributed by atoms with van der Waals surface area (Å²) in [5.41, 5.74) is 0.582. The standard InChI is InChI=1S/C13H15BrF2N2O2/c14-9-3-4-11(20-13(15)16)8(6-9)7-18-10-2-1-5-17-12(10)19/h3-4,6,10,13,18H,1-2,5,7H2,(H,17,19). The molecule has 1 fully saturated rings.